The van der Waals surface area contributed by atoms with Crippen LogP contribution in [0.5, 0.6) is 0 Å². The second-order valence-electron chi connectivity index (χ2n) is 5.41. The lowest BCUT2D eigenvalue weighted by Crippen LogP contribution is -2.30. The van der Waals surface area contributed by atoms with Crippen LogP contribution in [-0.2, 0) is 0 Å². The summed E-state index contributed by atoms with van der Waals surface area (Å²) in [5, 5.41) is 7.67. The number of anilines is 1. The van der Waals surface area contributed by atoms with Crippen LogP contribution >= 0.6 is 0 Å². The molecule has 0 atom stereocenters. The molecule has 1 saturated carbocycles. The number of aromatic nitrogens is 1. The molecular formula is C14H22N4. The van der Waals surface area contributed by atoms with E-state index in [0.717, 1.165) is 24.2 Å². The summed E-state index contributed by atoms with van der Waals surface area (Å²) in [5.74, 6) is 0.811. The minimum atomic E-state index is 0.127. The van der Waals surface area contributed by atoms with Gasteiger partial charge in [0.15, 0.2) is 0 Å². The van der Waals surface area contributed by atoms with Crippen LogP contribution in [0.25, 0.3) is 0 Å². The normalized spacial score (nSPS) is 14.8. The second kappa shape index (κ2) is 5.38. The third kappa shape index (κ3) is 3.00. The van der Waals surface area contributed by atoms with Gasteiger partial charge >= 0.3 is 0 Å². The van der Waals surface area contributed by atoms with Gasteiger partial charge in [-0.3, -0.25) is 10.4 Å². The van der Waals surface area contributed by atoms with Crippen molar-refractivity contribution in [2.45, 2.75) is 39.2 Å². The highest BCUT2D eigenvalue weighted by atomic mass is 15.2. The zero-order valence-electron chi connectivity index (χ0n) is 11.2. The summed E-state index contributed by atoms with van der Waals surface area (Å²) >= 11 is 0. The van der Waals surface area contributed by atoms with E-state index in [0.29, 0.717) is 12.0 Å². The number of rotatable bonds is 6. The van der Waals surface area contributed by atoms with Crippen molar-refractivity contribution in [3.63, 3.8) is 0 Å². The average Bonchev–Trinajstić information content (AvgIpc) is 3.14. The molecule has 4 nitrogen and oxygen atoms in total. The van der Waals surface area contributed by atoms with Gasteiger partial charge in [-0.25, -0.2) is 0 Å². The summed E-state index contributed by atoms with van der Waals surface area (Å²) in [5.41, 5.74) is 7.49. The number of nitrogens with one attached hydrogen (secondary N) is 1. The van der Waals surface area contributed by atoms with E-state index in [1.54, 1.807) is 6.20 Å². The molecule has 0 bridgehead atoms. The van der Waals surface area contributed by atoms with E-state index in [-0.39, 0.29) is 5.84 Å². The molecule has 1 fully saturated rings. The zero-order valence-corrected chi connectivity index (χ0v) is 11.2. The summed E-state index contributed by atoms with van der Waals surface area (Å²) in [6.45, 7) is 5.49. The van der Waals surface area contributed by atoms with Crippen LogP contribution in [-0.4, -0.2) is 23.4 Å². The first-order valence-electron chi connectivity index (χ1n) is 6.64. The van der Waals surface area contributed by atoms with Gasteiger partial charge < -0.3 is 10.6 Å². The largest absolute Gasteiger partial charge is 0.384 e. The number of nitrogen functional groups attached to an aromatic ring is 1. The Morgan fingerprint density at radius 1 is 1.56 bits per heavy atom. The zero-order chi connectivity index (χ0) is 13.1. The highest BCUT2D eigenvalue weighted by molar-refractivity contribution is 6.00. The van der Waals surface area contributed by atoms with Crippen LogP contribution in [0.4, 0.5) is 5.69 Å². The number of amidine groups is 1. The third-order valence-corrected chi connectivity index (χ3v) is 3.33. The van der Waals surface area contributed by atoms with Crippen molar-refractivity contribution in [3.8, 4) is 0 Å². The van der Waals surface area contributed by atoms with Gasteiger partial charge in [-0.2, -0.15) is 0 Å². The van der Waals surface area contributed by atoms with Crippen molar-refractivity contribution >= 4 is 11.5 Å². The van der Waals surface area contributed by atoms with Crippen molar-refractivity contribution in [2.24, 2.45) is 11.7 Å². The van der Waals surface area contributed by atoms with Crippen LogP contribution in [0.3, 0.4) is 0 Å². The monoisotopic (exact) mass is 246 g/mol. The number of hydrogen-bond donors (Lipinski definition) is 2. The molecule has 3 N–H and O–H groups in total. The van der Waals surface area contributed by atoms with Crippen LogP contribution in [0.2, 0.25) is 0 Å². The predicted octanol–water partition coefficient (Wildman–Crippen LogP) is 2.38. The smallest absolute Gasteiger partial charge is 0.125 e. The van der Waals surface area contributed by atoms with E-state index in [1.165, 1.54) is 12.8 Å². The average molecular weight is 246 g/mol. The number of pyridine rings is 1. The van der Waals surface area contributed by atoms with Crippen molar-refractivity contribution in [1.82, 2.24) is 4.98 Å². The Kier molecular flexibility index (Phi) is 3.84. The standard InChI is InChI=1S/C14H22N4/c1-10(2)6-8-18(11-3-4-11)13-9-17-7-5-12(13)14(15)16/h5,7,9-11H,3-4,6,8H2,1-2H3,(H3,15,16). The molecule has 1 aliphatic rings. The van der Waals surface area contributed by atoms with Crippen molar-refractivity contribution in [2.75, 3.05) is 11.4 Å². The Morgan fingerprint density at radius 2 is 2.28 bits per heavy atom. The lowest BCUT2D eigenvalue weighted by molar-refractivity contribution is 0.570. The predicted molar refractivity (Wildman–Crippen MR) is 75.1 cm³/mol. The molecule has 0 aliphatic heterocycles. The molecule has 1 aromatic rings. The van der Waals surface area contributed by atoms with E-state index in [2.05, 4.69) is 23.7 Å². The van der Waals surface area contributed by atoms with Crippen LogP contribution < -0.4 is 10.6 Å². The molecule has 0 unspecified atom stereocenters. The van der Waals surface area contributed by atoms with Gasteiger partial charge in [0.1, 0.15) is 5.84 Å². The lowest BCUT2D eigenvalue weighted by Gasteiger charge is -2.27. The summed E-state index contributed by atoms with van der Waals surface area (Å²) < 4.78 is 0. The molecule has 1 aliphatic carbocycles. The van der Waals surface area contributed by atoms with E-state index in [4.69, 9.17) is 11.1 Å². The first-order valence-corrected chi connectivity index (χ1v) is 6.64. The van der Waals surface area contributed by atoms with Gasteiger partial charge in [0.05, 0.1) is 11.9 Å². The number of nitrogens with zero attached hydrogens (tertiary/aromatic N) is 2. The van der Waals surface area contributed by atoms with Gasteiger partial charge in [0, 0.05) is 24.3 Å². The Morgan fingerprint density at radius 3 is 2.83 bits per heavy atom. The molecule has 0 spiro atoms. The quantitative estimate of drug-likeness (QED) is 0.598. The maximum Gasteiger partial charge on any atom is 0.125 e. The summed E-state index contributed by atoms with van der Waals surface area (Å²) in [6.07, 6.45) is 7.18. The highest BCUT2D eigenvalue weighted by Gasteiger charge is 2.30. The number of nitrogens with two attached hydrogens (primary N) is 1. The molecule has 1 heterocycles. The fraction of sp³-hybridized carbons (Fsp3) is 0.571. The fourth-order valence-electron chi connectivity index (χ4n) is 2.13. The first kappa shape index (κ1) is 12.9. The Balaban J connectivity index is 2.22. The van der Waals surface area contributed by atoms with E-state index >= 15 is 0 Å². The van der Waals surface area contributed by atoms with Gasteiger partial charge in [0.2, 0.25) is 0 Å². The van der Waals surface area contributed by atoms with Gasteiger partial charge in [-0.1, -0.05) is 13.8 Å². The third-order valence-electron chi connectivity index (χ3n) is 3.33. The SMILES string of the molecule is CC(C)CCN(c1cnccc1C(=N)N)C1CC1. The molecule has 1 aromatic heterocycles. The first-order chi connectivity index (χ1) is 8.59. The second-order valence-corrected chi connectivity index (χ2v) is 5.41. The van der Waals surface area contributed by atoms with Crippen LogP contribution in [0.1, 0.15) is 38.7 Å². The molecule has 0 amide bonds. The van der Waals surface area contributed by atoms with Crippen LogP contribution in [0, 0.1) is 11.3 Å². The summed E-state index contributed by atoms with van der Waals surface area (Å²) in [4.78, 5) is 6.57. The Labute approximate surface area is 109 Å². The maximum absolute atomic E-state index is 7.67. The minimum Gasteiger partial charge on any atom is -0.384 e. The summed E-state index contributed by atoms with van der Waals surface area (Å²) in [7, 11) is 0. The summed E-state index contributed by atoms with van der Waals surface area (Å²) in [6, 6.07) is 2.45. The molecule has 0 aromatic carbocycles. The van der Waals surface area contributed by atoms with E-state index in [9.17, 15) is 0 Å². The molecule has 18 heavy (non-hydrogen) atoms. The Hall–Kier alpha value is -1.58. The van der Waals surface area contributed by atoms with E-state index < -0.39 is 0 Å². The van der Waals surface area contributed by atoms with E-state index in [1.807, 2.05) is 12.3 Å². The molecule has 4 heteroatoms. The molecule has 0 radical (unpaired) electrons. The van der Waals surface area contributed by atoms with Crippen molar-refractivity contribution in [1.29, 1.82) is 5.41 Å². The van der Waals surface area contributed by atoms with Crippen LogP contribution in [0.15, 0.2) is 18.5 Å². The topological polar surface area (TPSA) is 66.0 Å². The highest BCUT2D eigenvalue weighted by Crippen LogP contribution is 2.33. The number of hydrogen-bond acceptors (Lipinski definition) is 3. The van der Waals surface area contributed by atoms with Crippen molar-refractivity contribution in [3.05, 3.63) is 24.0 Å². The molecular weight excluding hydrogens is 224 g/mol. The Bertz CT molecular complexity index is 424. The lowest BCUT2D eigenvalue weighted by atomic mass is 10.1. The minimum absolute atomic E-state index is 0.127. The van der Waals surface area contributed by atoms with Gasteiger partial charge in [0.25, 0.3) is 0 Å². The molecule has 2 rings (SSSR count). The van der Waals surface area contributed by atoms with Crippen molar-refractivity contribution < 1.29 is 0 Å². The van der Waals surface area contributed by atoms with Gasteiger partial charge in [-0.15, -0.1) is 0 Å². The molecule has 0 saturated heterocycles. The maximum atomic E-state index is 7.67. The van der Waals surface area contributed by atoms with Gasteiger partial charge in [-0.05, 0) is 31.2 Å². The molecule has 98 valence electrons. The fourth-order valence-corrected chi connectivity index (χ4v) is 2.13.